The lowest BCUT2D eigenvalue weighted by molar-refractivity contribution is -0.137. The Balaban J connectivity index is 0.00000661. The van der Waals surface area contributed by atoms with E-state index in [1.165, 1.54) is 9.78 Å². The zero-order chi connectivity index (χ0) is 43.8. The maximum absolute atomic E-state index is 13.2. The molecule has 7 rings (SSSR count). The van der Waals surface area contributed by atoms with Gasteiger partial charge in [-0.25, -0.2) is 0 Å². The maximum Gasteiger partial charge on any atom is 0.255 e. The van der Waals surface area contributed by atoms with Gasteiger partial charge in [-0.2, -0.15) is 0 Å². The first kappa shape index (κ1) is 47.4. The number of aromatic nitrogens is 3. The Morgan fingerprint density at radius 1 is 0.905 bits per heavy atom. The Hall–Kier alpha value is -5.08. The van der Waals surface area contributed by atoms with Crippen molar-refractivity contribution in [2.75, 3.05) is 64.6 Å². The summed E-state index contributed by atoms with van der Waals surface area (Å²) in [5.74, 6) is -0.156. The van der Waals surface area contributed by atoms with Gasteiger partial charge >= 0.3 is 0 Å². The number of anilines is 1. The normalized spacial score (nSPS) is 16.7. The van der Waals surface area contributed by atoms with E-state index in [1.807, 2.05) is 35.8 Å². The monoisotopic (exact) mass is 923 g/mol. The second-order valence-corrected chi connectivity index (χ2v) is 16.7. The second-order valence-electron chi connectivity index (χ2n) is 15.1. The van der Waals surface area contributed by atoms with Crippen molar-refractivity contribution < 1.29 is 38.2 Å². The minimum atomic E-state index is -0.723. The molecule has 336 valence electrons. The topological polar surface area (TPSA) is 207 Å². The van der Waals surface area contributed by atoms with Crippen LogP contribution in [-0.2, 0) is 39.9 Å². The largest absolute Gasteiger partial charge is 0.378 e. The molecule has 20 heteroatoms. The highest BCUT2D eigenvalue weighted by Gasteiger charge is 2.40. The number of imide groups is 1. The number of ether oxygens (including phenoxy) is 3. The molecule has 0 aliphatic carbocycles. The summed E-state index contributed by atoms with van der Waals surface area (Å²) in [5.41, 5.74) is 5.46. The van der Waals surface area contributed by atoms with Crippen LogP contribution in [0.1, 0.15) is 80.9 Å². The van der Waals surface area contributed by atoms with Gasteiger partial charge in [0, 0.05) is 76.9 Å². The van der Waals surface area contributed by atoms with Gasteiger partial charge in [0.05, 0.1) is 51.8 Å². The van der Waals surface area contributed by atoms with E-state index in [0.29, 0.717) is 86.9 Å². The van der Waals surface area contributed by atoms with E-state index in [-0.39, 0.29) is 68.3 Å². The number of fused-ring (bicyclic) bond motifs is 4. The fraction of sp³-hybridized carbons (Fsp3) is 0.442. The number of piperidine rings is 1. The molecule has 3 aliphatic rings. The number of hydrogen-bond donors (Lipinski definition) is 4. The summed E-state index contributed by atoms with van der Waals surface area (Å²) in [6, 6.07) is 11.4. The number of nitrogens with zero attached hydrogens (tertiary/aromatic N) is 5. The molecule has 1 saturated heterocycles. The van der Waals surface area contributed by atoms with Crippen molar-refractivity contribution in [1.82, 2.24) is 35.6 Å². The van der Waals surface area contributed by atoms with E-state index in [1.54, 1.807) is 29.5 Å². The van der Waals surface area contributed by atoms with Gasteiger partial charge in [-0.3, -0.25) is 38.8 Å². The molecular weight excluding hydrogens is 874 g/mol. The third-order valence-corrected chi connectivity index (χ3v) is 12.3. The number of nitrogens with one attached hydrogen (secondary N) is 4. The fourth-order valence-corrected chi connectivity index (χ4v) is 8.91. The predicted molar refractivity (Wildman–Crippen MR) is 239 cm³/mol. The van der Waals surface area contributed by atoms with Crippen molar-refractivity contribution in [3.05, 3.63) is 91.8 Å². The SMILES string of the molecule is Cc1sc2c(c1C)C(c1ccc(Cl)cc1)=N[C@@H](CC(=O)NCCOCCOCCOCCNCCC(=O)Nc1cccc3c1CN(C1CCC(=O)NC1=O)C3=O)c1nnc(C)n1-2.Cl. The maximum atomic E-state index is 13.2. The molecule has 5 amide bonds. The molecule has 1 fully saturated rings. The number of aryl methyl sites for hydroxylation is 2. The summed E-state index contributed by atoms with van der Waals surface area (Å²) >= 11 is 7.88. The Labute approximate surface area is 380 Å². The lowest BCUT2D eigenvalue weighted by Gasteiger charge is -2.29. The molecule has 63 heavy (non-hydrogen) atoms. The van der Waals surface area contributed by atoms with Crippen LogP contribution in [0.2, 0.25) is 5.02 Å². The van der Waals surface area contributed by atoms with Gasteiger partial charge < -0.3 is 35.1 Å². The van der Waals surface area contributed by atoms with Crippen molar-refractivity contribution in [2.24, 2.45) is 4.99 Å². The molecule has 0 radical (unpaired) electrons. The average molecular weight is 925 g/mol. The molecule has 4 aromatic rings. The van der Waals surface area contributed by atoms with E-state index in [4.69, 9.17) is 30.8 Å². The summed E-state index contributed by atoms with van der Waals surface area (Å²) in [5, 5.41) is 21.7. The van der Waals surface area contributed by atoms with Gasteiger partial charge in [0.2, 0.25) is 23.6 Å². The first-order valence-corrected chi connectivity index (χ1v) is 21.8. The smallest absolute Gasteiger partial charge is 0.255 e. The number of carbonyl (C=O) groups excluding carboxylic acids is 5. The second kappa shape index (κ2) is 22.0. The van der Waals surface area contributed by atoms with Crippen molar-refractivity contribution in [2.45, 2.75) is 65.1 Å². The Kier molecular flexibility index (Phi) is 16.6. The highest BCUT2D eigenvalue weighted by atomic mass is 35.5. The average Bonchev–Trinajstić information content (AvgIpc) is 3.86. The predicted octanol–water partition coefficient (Wildman–Crippen LogP) is 4.16. The molecule has 0 spiro atoms. The molecule has 5 heterocycles. The van der Waals surface area contributed by atoms with Crippen molar-refractivity contribution in [3.8, 4) is 5.00 Å². The van der Waals surface area contributed by atoms with Crippen LogP contribution in [-0.4, -0.2) is 120 Å². The van der Waals surface area contributed by atoms with Crippen LogP contribution < -0.4 is 21.3 Å². The number of benzene rings is 2. The van der Waals surface area contributed by atoms with E-state index in [0.717, 1.165) is 33.2 Å². The van der Waals surface area contributed by atoms with E-state index in [9.17, 15) is 24.0 Å². The zero-order valence-corrected chi connectivity index (χ0v) is 37.7. The van der Waals surface area contributed by atoms with Crippen molar-refractivity contribution in [1.29, 1.82) is 0 Å². The number of aliphatic imine (C=N–C) groups is 1. The Morgan fingerprint density at radius 2 is 1.62 bits per heavy atom. The van der Waals surface area contributed by atoms with Gasteiger partial charge in [-0.05, 0) is 57.0 Å². The molecule has 0 saturated carbocycles. The van der Waals surface area contributed by atoms with Gasteiger partial charge in [-0.1, -0.05) is 29.8 Å². The quantitative estimate of drug-likeness (QED) is 0.0732. The van der Waals surface area contributed by atoms with Crippen molar-refractivity contribution >= 4 is 76.3 Å². The molecule has 4 N–H and O–H groups in total. The third-order valence-electron chi connectivity index (χ3n) is 10.9. The van der Waals surface area contributed by atoms with Crippen LogP contribution in [0.4, 0.5) is 5.69 Å². The molecule has 2 aromatic carbocycles. The van der Waals surface area contributed by atoms with Crippen LogP contribution >= 0.6 is 35.3 Å². The van der Waals surface area contributed by atoms with Crippen LogP contribution in [0.25, 0.3) is 5.00 Å². The minimum Gasteiger partial charge on any atom is -0.378 e. The number of hydrogen-bond acceptors (Lipinski definition) is 13. The third kappa shape index (κ3) is 11.4. The van der Waals surface area contributed by atoms with Crippen LogP contribution in [0.5, 0.6) is 0 Å². The molecule has 2 atom stereocenters. The van der Waals surface area contributed by atoms with Gasteiger partial charge in [0.25, 0.3) is 5.91 Å². The van der Waals surface area contributed by atoms with E-state index in [2.05, 4.69) is 45.3 Å². The zero-order valence-electron chi connectivity index (χ0n) is 35.3. The first-order valence-electron chi connectivity index (χ1n) is 20.6. The lowest BCUT2D eigenvalue weighted by atomic mass is 9.99. The molecule has 3 aliphatic heterocycles. The molecule has 1 unspecified atom stereocenters. The molecule has 0 bridgehead atoms. The summed E-state index contributed by atoms with van der Waals surface area (Å²) in [4.78, 5) is 70.6. The minimum absolute atomic E-state index is 0. The van der Waals surface area contributed by atoms with Gasteiger partial charge in [-0.15, -0.1) is 33.9 Å². The number of rotatable bonds is 20. The van der Waals surface area contributed by atoms with E-state index >= 15 is 0 Å². The number of carbonyl (C=O) groups is 5. The summed E-state index contributed by atoms with van der Waals surface area (Å²) in [6.07, 6.45) is 0.742. The first-order chi connectivity index (χ1) is 30.0. The van der Waals surface area contributed by atoms with E-state index < -0.39 is 18.0 Å². The number of halogens is 2. The Bertz CT molecular complexity index is 2350. The summed E-state index contributed by atoms with van der Waals surface area (Å²) in [6.45, 7) is 9.85. The van der Waals surface area contributed by atoms with Crippen LogP contribution in [0, 0.1) is 20.8 Å². The van der Waals surface area contributed by atoms with Gasteiger partial charge in [0.1, 0.15) is 22.9 Å². The summed E-state index contributed by atoms with van der Waals surface area (Å²) in [7, 11) is 0. The number of thiophene rings is 1. The van der Waals surface area contributed by atoms with Crippen LogP contribution in [0.15, 0.2) is 47.5 Å². The highest BCUT2D eigenvalue weighted by molar-refractivity contribution is 7.15. The lowest BCUT2D eigenvalue weighted by Crippen LogP contribution is -2.52. The highest BCUT2D eigenvalue weighted by Crippen LogP contribution is 2.40. The molecule has 2 aromatic heterocycles. The molecular formula is C43H51Cl2N9O8S. The van der Waals surface area contributed by atoms with Crippen molar-refractivity contribution in [3.63, 3.8) is 0 Å². The fourth-order valence-electron chi connectivity index (χ4n) is 7.57. The molecule has 17 nitrogen and oxygen atoms in total. The number of amides is 5. The Morgan fingerprint density at radius 3 is 2.35 bits per heavy atom. The van der Waals surface area contributed by atoms with Crippen LogP contribution in [0.3, 0.4) is 0 Å². The van der Waals surface area contributed by atoms with Gasteiger partial charge in [0.15, 0.2) is 5.82 Å². The standard InChI is InChI=1S/C43H50ClN9O8S.ClH/c1-25-26(2)62-43-38(25)39(28-7-9-29(44)10-8-28)48-33(40-51-50-27(3)53(40)43)23-37(56)46-16-18-60-20-22-61-21-19-59-17-15-45-14-13-36(55)47-32-6-4-5-30-31(32)24-52(42(30)58)34-11-12-35(54)49-41(34)57;/h4-10,33-34,45H,11-24H2,1-3H3,(H,46,56)(H,47,55)(H,49,54,57);1H/t33-,34?;/m0./s1. The summed E-state index contributed by atoms with van der Waals surface area (Å²) < 4.78 is 18.9.